The fourth-order valence-electron chi connectivity index (χ4n) is 3.07. The fourth-order valence-corrected chi connectivity index (χ4v) is 3.70. The van der Waals surface area contributed by atoms with Gasteiger partial charge >= 0.3 is 0 Å². The Morgan fingerprint density at radius 3 is 2.36 bits per heavy atom. The summed E-state index contributed by atoms with van der Waals surface area (Å²) in [6.45, 7) is 1.87. The van der Waals surface area contributed by atoms with Crippen molar-refractivity contribution in [1.29, 1.82) is 0 Å². The van der Waals surface area contributed by atoms with Crippen molar-refractivity contribution in [2.24, 2.45) is 0 Å². The van der Waals surface area contributed by atoms with E-state index in [0.29, 0.717) is 12.2 Å². The minimum absolute atomic E-state index is 0.0913. The van der Waals surface area contributed by atoms with Crippen LogP contribution in [-0.4, -0.2) is 27.2 Å². The number of hydrogen-bond donors (Lipinski definition) is 1. The first-order valence-corrected chi connectivity index (χ1v) is 11.0. The standard InChI is InChI=1S/C22H23NO4S/c1-3-20(17-11-13-18(14-12-17)28(2,25)26)23-22(24)15-27-21-10-6-8-16-7-4-5-9-19(16)21/h4-14,20H,3,15H2,1-2H3,(H,23,24)/t20-/m0/s1. The van der Waals surface area contributed by atoms with E-state index in [1.165, 1.54) is 6.26 Å². The molecule has 1 atom stereocenters. The maximum atomic E-state index is 12.4. The third-order valence-electron chi connectivity index (χ3n) is 4.56. The molecule has 3 aromatic rings. The monoisotopic (exact) mass is 397 g/mol. The molecule has 1 amide bonds. The van der Waals surface area contributed by atoms with Gasteiger partial charge in [0.2, 0.25) is 0 Å². The van der Waals surface area contributed by atoms with E-state index in [0.717, 1.165) is 16.3 Å². The molecule has 3 rings (SSSR count). The van der Waals surface area contributed by atoms with E-state index in [1.54, 1.807) is 24.3 Å². The molecule has 0 aliphatic rings. The van der Waals surface area contributed by atoms with E-state index in [-0.39, 0.29) is 23.5 Å². The first-order chi connectivity index (χ1) is 13.4. The Hall–Kier alpha value is -2.86. The molecule has 6 heteroatoms. The Kier molecular flexibility index (Phi) is 5.99. The highest BCUT2D eigenvalue weighted by Crippen LogP contribution is 2.25. The van der Waals surface area contributed by atoms with E-state index in [1.807, 2.05) is 49.4 Å². The van der Waals surface area contributed by atoms with Gasteiger partial charge in [-0.05, 0) is 35.6 Å². The number of carbonyl (C=O) groups is 1. The van der Waals surface area contributed by atoms with Gasteiger partial charge in [-0.1, -0.05) is 55.5 Å². The summed E-state index contributed by atoms with van der Waals surface area (Å²) in [6.07, 6.45) is 1.85. The SMILES string of the molecule is CC[C@H](NC(=O)COc1cccc2ccccc12)c1ccc(S(C)(=O)=O)cc1. The lowest BCUT2D eigenvalue weighted by Gasteiger charge is -2.18. The van der Waals surface area contributed by atoms with E-state index in [2.05, 4.69) is 5.32 Å². The van der Waals surface area contributed by atoms with Crippen molar-refractivity contribution in [3.8, 4) is 5.75 Å². The number of carbonyl (C=O) groups excluding carboxylic acids is 1. The van der Waals surface area contributed by atoms with E-state index >= 15 is 0 Å². The van der Waals surface area contributed by atoms with Crippen molar-refractivity contribution < 1.29 is 17.9 Å². The van der Waals surface area contributed by atoms with Crippen LogP contribution in [-0.2, 0) is 14.6 Å². The summed E-state index contributed by atoms with van der Waals surface area (Å²) in [6, 6.07) is 20.0. The van der Waals surface area contributed by atoms with Gasteiger partial charge in [-0.2, -0.15) is 0 Å². The first kappa shape index (κ1) is 19.9. The molecule has 28 heavy (non-hydrogen) atoms. The molecule has 0 spiro atoms. The Balaban J connectivity index is 1.65. The van der Waals surface area contributed by atoms with Crippen molar-refractivity contribution >= 4 is 26.5 Å². The molecule has 0 fully saturated rings. The highest BCUT2D eigenvalue weighted by atomic mass is 32.2. The Bertz CT molecular complexity index is 1070. The number of hydrogen-bond acceptors (Lipinski definition) is 4. The average molecular weight is 397 g/mol. The van der Waals surface area contributed by atoms with Gasteiger partial charge in [0.25, 0.3) is 5.91 Å². The zero-order chi connectivity index (χ0) is 20.1. The molecule has 0 heterocycles. The van der Waals surface area contributed by atoms with Gasteiger partial charge in [-0.3, -0.25) is 4.79 Å². The highest BCUT2D eigenvalue weighted by molar-refractivity contribution is 7.90. The van der Waals surface area contributed by atoms with Gasteiger partial charge in [0.15, 0.2) is 16.4 Å². The molecule has 0 unspecified atom stereocenters. The van der Waals surface area contributed by atoms with Crippen LogP contribution >= 0.6 is 0 Å². The Labute approximate surface area is 165 Å². The lowest BCUT2D eigenvalue weighted by Crippen LogP contribution is -2.32. The third-order valence-corrected chi connectivity index (χ3v) is 5.69. The molecular formula is C22H23NO4S. The summed E-state index contributed by atoms with van der Waals surface area (Å²) in [5.41, 5.74) is 0.855. The first-order valence-electron chi connectivity index (χ1n) is 9.08. The van der Waals surface area contributed by atoms with Crippen molar-refractivity contribution in [1.82, 2.24) is 5.32 Å². The smallest absolute Gasteiger partial charge is 0.258 e. The number of ether oxygens (including phenoxy) is 1. The number of sulfone groups is 1. The quantitative estimate of drug-likeness (QED) is 0.656. The number of fused-ring (bicyclic) bond motifs is 1. The van der Waals surface area contributed by atoms with Crippen LogP contribution in [0.1, 0.15) is 24.9 Å². The minimum atomic E-state index is -3.24. The summed E-state index contributed by atoms with van der Waals surface area (Å²) in [5, 5.41) is 4.96. The van der Waals surface area contributed by atoms with Crippen LogP contribution in [0.4, 0.5) is 0 Å². The molecule has 1 N–H and O–H groups in total. The van der Waals surface area contributed by atoms with Gasteiger partial charge in [0.05, 0.1) is 10.9 Å². The second kappa shape index (κ2) is 8.44. The van der Waals surface area contributed by atoms with Crippen LogP contribution in [0, 0.1) is 0 Å². The van der Waals surface area contributed by atoms with Crippen LogP contribution in [0.5, 0.6) is 5.75 Å². The van der Waals surface area contributed by atoms with Crippen LogP contribution < -0.4 is 10.1 Å². The molecule has 0 saturated heterocycles. The van der Waals surface area contributed by atoms with Crippen LogP contribution in [0.25, 0.3) is 10.8 Å². The molecule has 0 aliphatic carbocycles. The van der Waals surface area contributed by atoms with Crippen molar-refractivity contribution in [2.75, 3.05) is 12.9 Å². The van der Waals surface area contributed by atoms with E-state index in [4.69, 9.17) is 4.74 Å². The summed E-state index contributed by atoms with van der Waals surface area (Å²) >= 11 is 0. The van der Waals surface area contributed by atoms with Crippen molar-refractivity contribution in [2.45, 2.75) is 24.3 Å². The number of benzene rings is 3. The molecule has 0 bridgehead atoms. The maximum Gasteiger partial charge on any atom is 0.258 e. The van der Waals surface area contributed by atoms with Gasteiger partial charge in [0, 0.05) is 11.6 Å². The summed E-state index contributed by atoms with van der Waals surface area (Å²) < 4.78 is 28.9. The topological polar surface area (TPSA) is 72.5 Å². The summed E-state index contributed by atoms with van der Waals surface area (Å²) in [5.74, 6) is 0.436. The van der Waals surface area contributed by atoms with Gasteiger partial charge < -0.3 is 10.1 Å². The third kappa shape index (κ3) is 4.70. The van der Waals surface area contributed by atoms with Gasteiger partial charge in [0.1, 0.15) is 5.75 Å². The van der Waals surface area contributed by atoms with Crippen molar-refractivity contribution in [3.63, 3.8) is 0 Å². The number of nitrogens with one attached hydrogen (secondary N) is 1. The number of rotatable bonds is 7. The van der Waals surface area contributed by atoms with Crippen molar-refractivity contribution in [3.05, 3.63) is 72.3 Å². The highest BCUT2D eigenvalue weighted by Gasteiger charge is 2.15. The Morgan fingerprint density at radius 1 is 1.00 bits per heavy atom. The largest absolute Gasteiger partial charge is 0.483 e. The van der Waals surface area contributed by atoms with Gasteiger partial charge in [-0.15, -0.1) is 0 Å². The number of amides is 1. The minimum Gasteiger partial charge on any atom is -0.483 e. The molecular weight excluding hydrogens is 374 g/mol. The molecule has 3 aromatic carbocycles. The average Bonchev–Trinajstić information content (AvgIpc) is 2.70. The second-order valence-corrected chi connectivity index (χ2v) is 8.65. The maximum absolute atomic E-state index is 12.4. The fraction of sp³-hybridized carbons (Fsp3) is 0.227. The molecule has 146 valence electrons. The molecule has 0 aliphatic heterocycles. The van der Waals surface area contributed by atoms with Crippen LogP contribution in [0.3, 0.4) is 0 Å². The molecule has 0 aromatic heterocycles. The lowest BCUT2D eigenvalue weighted by atomic mass is 10.0. The van der Waals surface area contributed by atoms with Crippen LogP contribution in [0.2, 0.25) is 0 Å². The summed E-state index contributed by atoms with van der Waals surface area (Å²) in [7, 11) is -3.24. The second-order valence-electron chi connectivity index (χ2n) is 6.64. The molecule has 0 saturated carbocycles. The predicted octanol–water partition coefficient (Wildman–Crippen LogP) is 3.89. The molecule has 5 nitrogen and oxygen atoms in total. The Morgan fingerprint density at radius 2 is 1.68 bits per heavy atom. The predicted molar refractivity (Wildman–Crippen MR) is 110 cm³/mol. The zero-order valence-electron chi connectivity index (χ0n) is 15.9. The normalized spacial score (nSPS) is 12.5. The van der Waals surface area contributed by atoms with Gasteiger partial charge in [-0.25, -0.2) is 8.42 Å². The zero-order valence-corrected chi connectivity index (χ0v) is 16.7. The lowest BCUT2D eigenvalue weighted by molar-refractivity contribution is -0.123. The van der Waals surface area contributed by atoms with Crippen LogP contribution in [0.15, 0.2) is 71.6 Å². The van der Waals surface area contributed by atoms with E-state index in [9.17, 15) is 13.2 Å². The van der Waals surface area contributed by atoms with E-state index < -0.39 is 9.84 Å². The molecule has 0 radical (unpaired) electrons. The summed E-state index contributed by atoms with van der Waals surface area (Å²) in [4.78, 5) is 12.7.